The van der Waals surface area contributed by atoms with Crippen molar-refractivity contribution in [3.63, 3.8) is 0 Å². The molecule has 5 nitrogen and oxygen atoms in total. The van der Waals surface area contributed by atoms with Gasteiger partial charge in [-0.05, 0) is 24.3 Å². The average Bonchev–Trinajstić information content (AvgIpc) is 2.57. The zero-order valence-electron chi connectivity index (χ0n) is 14.0. The van der Waals surface area contributed by atoms with E-state index in [0.717, 1.165) is 23.3 Å². The van der Waals surface area contributed by atoms with Gasteiger partial charge < -0.3 is 5.32 Å². The Balaban J connectivity index is 1.94. The lowest BCUT2D eigenvalue weighted by molar-refractivity contribution is -0.119. The number of anilines is 1. The zero-order chi connectivity index (χ0) is 19.2. The molecule has 0 saturated carbocycles. The number of rotatable bonds is 8. The Morgan fingerprint density at radius 3 is 2.46 bits per heavy atom. The number of nitrogens with zero attached hydrogens (tertiary/aromatic N) is 1. The van der Waals surface area contributed by atoms with E-state index in [9.17, 15) is 22.0 Å². The lowest BCUT2D eigenvalue weighted by atomic mass is 10.3. The SMILES string of the molecule is CS(=O)(=O)N(CC(=O)NCCSc1ccccc1)c1ccc(F)cc1F. The summed E-state index contributed by atoms with van der Waals surface area (Å²) in [7, 11) is -3.92. The molecule has 0 aliphatic rings. The highest BCUT2D eigenvalue weighted by Crippen LogP contribution is 2.22. The number of carbonyl (C=O) groups is 1. The summed E-state index contributed by atoms with van der Waals surface area (Å²) in [4.78, 5) is 13.1. The topological polar surface area (TPSA) is 66.5 Å². The molecule has 0 aromatic heterocycles. The van der Waals surface area contributed by atoms with Gasteiger partial charge >= 0.3 is 0 Å². The van der Waals surface area contributed by atoms with Crippen LogP contribution in [0.15, 0.2) is 53.4 Å². The molecule has 0 fully saturated rings. The van der Waals surface area contributed by atoms with Gasteiger partial charge in [0.25, 0.3) is 0 Å². The van der Waals surface area contributed by atoms with Gasteiger partial charge in [0.1, 0.15) is 18.2 Å². The van der Waals surface area contributed by atoms with E-state index in [-0.39, 0.29) is 5.69 Å². The molecule has 0 radical (unpaired) electrons. The Morgan fingerprint density at radius 1 is 1.15 bits per heavy atom. The molecule has 0 spiro atoms. The van der Waals surface area contributed by atoms with Gasteiger partial charge in [-0.15, -0.1) is 11.8 Å². The first-order chi connectivity index (χ1) is 12.3. The van der Waals surface area contributed by atoms with Crippen molar-refractivity contribution in [2.75, 3.05) is 29.4 Å². The molecule has 0 unspecified atom stereocenters. The maximum Gasteiger partial charge on any atom is 0.240 e. The molecule has 0 aliphatic heterocycles. The van der Waals surface area contributed by atoms with Crippen molar-refractivity contribution in [3.8, 4) is 0 Å². The van der Waals surface area contributed by atoms with Crippen molar-refractivity contribution in [2.45, 2.75) is 4.90 Å². The summed E-state index contributed by atoms with van der Waals surface area (Å²) in [5.74, 6) is -1.86. The number of thioether (sulfide) groups is 1. The normalized spacial score (nSPS) is 11.2. The van der Waals surface area contributed by atoms with Crippen LogP contribution in [0.25, 0.3) is 0 Å². The summed E-state index contributed by atoms with van der Waals surface area (Å²) in [6.07, 6.45) is 0.855. The minimum atomic E-state index is -3.92. The molecule has 0 aliphatic carbocycles. The molecule has 9 heteroatoms. The van der Waals surface area contributed by atoms with Gasteiger partial charge in [0.2, 0.25) is 15.9 Å². The quantitative estimate of drug-likeness (QED) is 0.547. The van der Waals surface area contributed by atoms with Crippen molar-refractivity contribution >= 4 is 33.4 Å². The maximum atomic E-state index is 13.9. The van der Waals surface area contributed by atoms with E-state index in [1.165, 1.54) is 11.8 Å². The summed E-state index contributed by atoms with van der Waals surface area (Å²) >= 11 is 1.54. The second-order valence-electron chi connectivity index (χ2n) is 5.38. The van der Waals surface area contributed by atoms with Crippen LogP contribution in [0.2, 0.25) is 0 Å². The Bertz CT molecular complexity index is 862. The van der Waals surface area contributed by atoms with Crippen molar-refractivity contribution < 1.29 is 22.0 Å². The fourth-order valence-electron chi connectivity index (χ4n) is 2.13. The van der Waals surface area contributed by atoms with Crippen LogP contribution in [0.5, 0.6) is 0 Å². The van der Waals surface area contributed by atoms with Crippen LogP contribution in [0, 0.1) is 11.6 Å². The molecular weight excluding hydrogens is 382 g/mol. The second-order valence-corrected chi connectivity index (χ2v) is 8.45. The van der Waals surface area contributed by atoms with Crippen LogP contribution in [0.3, 0.4) is 0 Å². The standard InChI is InChI=1S/C17H18F2N2O3S2/c1-26(23,24)21(16-8-7-13(18)11-15(16)19)12-17(22)20-9-10-25-14-5-3-2-4-6-14/h2-8,11H,9-10,12H2,1H3,(H,20,22). The summed E-state index contributed by atoms with van der Waals surface area (Å²) in [6.45, 7) is -0.265. The summed E-state index contributed by atoms with van der Waals surface area (Å²) in [6, 6.07) is 12.1. The molecule has 2 aromatic rings. The molecule has 1 amide bonds. The van der Waals surface area contributed by atoms with E-state index in [1.54, 1.807) is 0 Å². The van der Waals surface area contributed by atoms with Crippen molar-refractivity contribution in [1.82, 2.24) is 5.32 Å². The Kier molecular flexibility index (Phi) is 6.98. The molecule has 2 aromatic carbocycles. The van der Waals surface area contributed by atoms with E-state index in [1.807, 2.05) is 30.3 Å². The van der Waals surface area contributed by atoms with Crippen LogP contribution in [0.4, 0.5) is 14.5 Å². The third-order valence-electron chi connectivity index (χ3n) is 3.30. The van der Waals surface area contributed by atoms with Gasteiger partial charge in [0.15, 0.2) is 0 Å². The predicted molar refractivity (Wildman–Crippen MR) is 98.7 cm³/mol. The predicted octanol–water partition coefficient (Wildman–Crippen LogP) is 2.64. The fraction of sp³-hybridized carbons (Fsp3) is 0.235. The van der Waals surface area contributed by atoms with E-state index in [0.29, 0.717) is 22.7 Å². The van der Waals surface area contributed by atoms with Crippen LogP contribution in [-0.2, 0) is 14.8 Å². The monoisotopic (exact) mass is 400 g/mol. The second kappa shape index (κ2) is 9.00. The first-order valence-electron chi connectivity index (χ1n) is 7.64. The van der Waals surface area contributed by atoms with Crippen LogP contribution >= 0.6 is 11.8 Å². The number of hydrogen-bond acceptors (Lipinski definition) is 4. The average molecular weight is 400 g/mol. The minimum absolute atomic E-state index is 0.321. The first-order valence-corrected chi connectivity index (χ1v) is 10.5. The van der Waals surface area contributed by atoms with Crippen molar-refractivity contribution in [1.29, 1.82) is 0 Å². The van der Waals surface area contributed by atoms with Crippen molar-refractivity contribution in [2.24, 2.45) is 0 Å². The summed E-state index contributed by atoms with van der Waals surface area (Å²) in [5.41, 5.74) is -0.372. The number of amides is 1. The van der Waals surface area contributed by atoms with Crippen LogP contribution in [0.1, 0.15) is 0 Å². The van der Waals surface area contributed by atoms with Gasteiger partial charge in [-0.1, -0.05) is 18.2 Å². The third kappa shape index (κ3) is 5.99. The fourth-order valence-corrected chi connectivity index (χ4v) is 3.77. The molecule has 140 valence electrons. The van der Waals surface area contributed by atoms with E-state index in [4.69, 9.17) is 0 Å². The maximum absolute atomic E-state index is 13.9. The van der Waals surface area contributed by atoms with Gasteiger partial charge in [0, 0.05) is 23.3 Å². The number of sulfonamides is 1. The number of nitrogens with one attached hydrogen (secondary N) is 1. The molecular formula is C17H18F2N2O3S2. The van der Waals surface area contributed by atoms with Gasteiger partial charge in [0.05, 0.1) is 11.9 Å². The highest BCUT2D eigenvalue weighted by atomic mass is 32.2. The Labute approximate surface area is 155 Å². The van der Waals surface area contributed by atoms with E-state index >= 15 is 0 Å². The zero-order valence-corrected chi connectivity index (χ0v) is 15.6. The van der Waals surface area contributed by atoms with Crippen LogP contribution < -0.4 is 9.62 Å². The minimum Gasteiger partial charge on any atom is -0.354 e. The number of benzene rings is 2. The Hall–Kier alpha value is -2.13. The number of halogens is 2. The molecule has 1 N–H and O–H groups in total. The van der Waals surface area contributed by atoms with E-state index in [2.05, 4.69) is 5.32 Å². The van der Waals surface area contributed by atoms with Crippen LogP contribution in [-0.4, -0.2) is 39.4 Å². The smallest absolute Gasteiger partial charge is 0.240 e. The lowest BCUT2D eigenvalue weighted by Gasteiger charge is -2.22. The first kappa shape index (κ1) is 20.2. The summed E-state index contributed by atoms with van der Waals surface area (Å²) in [5, 5.41) is 2.59. The highest BCUT2D eigenvalue weighted by molar-refractivity contribution is 7.99. The molecule has 0 bridgehead atoms. The van der Waals surface area contributed by atoms with Gasteiger partial charge in [-0.3, -0.25) is 9.10 Å². The number of carbonyl (C=O) groups excluding carboxylic acids is 1. The molecule has 26 heavy (non-hydrogen) atoms. The molecule has 0 saturated heterocycles. The van der Waals surface area contributed by atoms with Crippen molar-refractivity contribution in [3.05, 3.63) is 60.2 Å². The lowest BCUT2D eigenvalue weighted by Crippen LogP contribution is -2.41. The van der Waals surface area contributed by atoms with Gasteiger partial charge in [-0.2, -0.15) is 0 Å². The van der Waals surface area contributed by atoms with Gasteiger partial charge in [-0.25, -0.2) is 17.2 Å². The van der Waals surface area contributed by atoms with E-state index < -0.39 is 34.1 Å². The third-order valence-corrected chi connectivity index (χ3v) is 5.44. The largest absolute Gasteiger partial charge is 0.354 e. The number of hydrogen-bond donors (Lipinski definition) is 1. The molecule has 0 heterocycles. The molecule has 2 rings (SSSR count). The highest BCUT2D eigenvalue weighted by Gasteiger charge is 2.23. The summed E-state index contributed by atoms with van der Waals surface area (Å²) < 4.78 is 51.3. The Morgan fingerprint density at radius 2 is 1.85 bits per heavy atom. The molecule has 0 atom stereocenters.